The molecular weight excluding hydrogens is 456 g/mol. The largest absolute Gasteiger partial charge is 0.439 e. The molecule has 1 N–H and O–H groups in total. The number of H-pyrrole nitrogens is 1. The van der Waals surface area contributed by atoms with Crippen molar-refractivity contribution in [1.29, 1.82) is 0 Å². The highest BCUT2D eigenvalue weighted by Gasteiger charge is 2.41. The summed E-state index contributed by atoms with van der Waals surface area (Å²) < 4.78 is 11.0. The van der Waals surface area contributed by atoms with Gasteiger partial charge >= 0.3 is 0 Å². The lowest BCUT2D eigenvalue weighted by Crippen LogP contribution is -2.55. The first-order valence-electron chi connectivity index (χ1n) is 12.2. The maximum Gasteiger partial charge on any atom is 0.248 e. The van der Waals surface area contributed by atoms with Crippen LogP contribution in [-0.4, -0.2) is 74.8 Å². The van der Waals surface area contributed by atoms with Crippen molar-refractivity contribution in [2.45, 2.75) is 31.5 Å². The zero-order valence-electron chi connectivity index (χ0n) is 20.1. The van der Waals surface area contributed by atoms with Gasteiger partial charge in [0.05, 0.1) is 16.9 Å². The van der Waals surface area contributed by atoms with Crippen LogP contribution in [0, 0.1) is 0 Å². The number of nitrogens with zero attached hydrogens (tertiary/aromatic N) is 5. The highest BCUT2D eigenvalue weighted by molar-refractivity contribution is 5.80. The van der Waals surface area contributed by atoms with Gasteiger partial charge in [-0.1, -0.05) is 6.07 Å². The standard InChI is InChI=1S/C27H28N6O3/c1-35-17-27(34)32-15-21-5-6-22(16-32)33(21)14-20-4-2-18-12-23(7-8-24(18)30-20)36-26-9-3-19(13-28-26)25-10-11-29-31-25/h2-4,7-13,21-22H,5-6,14-17H2,1H3,(H,29,31). The second-order valence-corrected chi connectivity index (χ2v) is 9.40. The fraction of sp³-hybridized carbons (Fsp3) is 0.333. The molecule has 0 saturated carbocycles. The monoisotopic (exact) mass is 484 g/mol. The molecule has 9 nitrogen and oxygen atoms in total. The number of methoxy groups -OCH3 is 1. The molecular formula is C27H28N6O3. The molecule has 2 fully saturated rings. The van der Waals surface area contributed by atoms with E-state index in [1.54, 1.807) is 19.5 Å². The first kappa shape index (κ1) is 22.6. The Labute approximate surface area is 209 Å². The molecule has 2 aliphatic rings. The fourth-order valence-corrected chi connectivity index (χ4v) is 5.29. The highest BCUT2D eigenvalue weighted by atomic mass is 16.5. The Bertz CT molecular complexity index is 1340. The maximum atomic E-state index is 12.3. The minimum Gasteiger partial charge on any atom is -0.439 e. The van der Waals surface area contributed by atoms with Gasteiger partial charge in [-0.15, -0.1) is 0 Å². The predicted molar refractivity (Wildman–Crippen MR) is 134 cm³/mol. The lowest BCUT2D eigenvalue weighted by Gasteiger charge is -2.40. The van der Waals surface area contributed by atoms with Gasteiger partial charge in [0.2, 0.25) is 11.8 Å². The summed E-state index contributed by atoms with van der Waals surface area (Å²) in [6.45, 7) is 2.49. The summed E-state index contributed by atoms with van der Waals surface area (Å²) in [7, 11) is 1.57. The molecule has 2 atom stereocenters. The number of rotatable bonds is 7. The molecule has 4 aromatic rings. The first-order valence-corrected chi connectivity index (χ1v) is 12.2. The van der Waals surface area contributed by atoms with Crippen molar-refractivity contribution in [3.05, 3.63) is 66.6 Å². The number of aromatic amines is 1. The summed E-state index contributed by atoms with van der Waals surface area (Å²) in [5.74, 6) is 1.33. The van der Waals surface area contributed by atoms with Crippen LogP contribution >= 0.6 is 0 Å². The molecule has 1 aromatic carbocycles. The number of nitrogens with one attached hydrogen (secondary N) is 1. The number of carbonyl (C=O) groups is 1. The lowest BCUT2D eigenvalue weighted by atomic mass is 10.1. The van der Waals surface area contributed by atoms with Crippen molar-refractivity contribution >= 4 is 16.8 Å². The van der Waals surface area contributed by atoms with E-state index >= 15 is 0 Å². The summed E-state index contributed by atoms with van der Waals surface area (Å²) in [5, 5.41) is 7.92. The number of fused-ring (bicyclic) bond motifs is 3. The molecule has 1 amide bonds. The van der Waals surface area contributed by atoms with Crippen molar-refractivity contribution in [3.63, 3.8) is 0 Å². The average Bonchev–Trinajstić information content (AvgIpc) is 3.50. The van der Waals surface area contributed by atoms with E-state index in [1.807, 2.05) is 41.3 Å². The molecule has 0 spiro atoms. The molecule has 6 rings (SSSR count). The van der Waals surface area contributed by atoms with Gasteiger partial charge in [0.15, 0.2) is 0 Å². The fourth-order valence-electron chi connectivity index (χ4n) is 5.29. The van der Waals surface area contributed by atoms with Gasteiger partial charge in [-0.05, 0) is 49.2 Å². The number of hydrogen-bond donors (Lipinski definition) is 1. The number of piperazine rings is 1. The van der Waals surface area contributed by atoms with E-state index in [0.717, 1.165) is 60.3 Å². The van der Waals surface area contributed by atoms with E-state index in [1.165, 1.54) is 0 Å². The van der Waals surface area contributed by atoms with Crippen LogP contribution in [0.5, 0.6) is 11.6 Å². The van der Waals surface area contributed by atoms with Gasteiger partial charge in [-0.25, -0.2) is 4.98 Å². The van der Waals surface area contributed by atoms with Gasteiger partial charge in [-0.3, -0.25) is 19.8 Å². The van der Waals surface area contributed by atoms with Crippen LogP contribution in [0.4, 0.5) is 0 Å². The zero-order valence-corrected chi connectivity index (χ0v) is 20.1. The molecule has 2 aliphatic heterocycles. The molecule has 36 heavy (non-hydrogen) atoms. The van der Waals surface area contributed by atoms with Gasteiger partial charge in [0.1, 0.15) is 12.4 Å². The third-order valence-corrected chi connectivity index (χ3v) is 7.09. The third kappa shape index (κ3) is 4.55. The van der Waals surface area contributed by atoms with Crippen LogP contribution in [0.15, 0.2) is 60.9 Å². The molecule has 184 valence electrons. The molecule has 9 heteroatoms. The quantitative estimate of drug-likeness (QED) is 0.428. The van der Waals surface area contributed by atoms with Gasteiger partial charge < -0.3 is 14.4 Å². The second kappa shape index (κ2) is 9.67. The Kier molecular flexibility index (Phi) is 6.08. The molecule has 0 radical (unpaired) electrons. The van der Waals surface area contributed by atoms with Crippen LogP contribution < -0.4 is 4.74 Å². The van der Waals surface area contributed by atoms with Crippen LogP contribution in [0.1, 0.15) is 18.5 Å². The molecule has 2 unspecified atom stereocenters. The van der Waals surface area contributed by atoms with E-state index in [-0.39, 0.29) is 12.5 Å². The lowest BCUT2D eigenvalue weighted by molar-refractivity contribution is -0.138. The summed E-state index contributed by atoms with van der Waals surface area (Å²) >= 11 is 0. The summed E-state index contributed by atoms with van der Waals surface area (Å²) in [6, 6.07) is 16.5. The van der Waals surface area contributed by atoms with Crippen molar-refractivity contribution < 1.29 is 14.3 Å². The van der Waals surface area contributed by atoms with Crippen LogP contribution in [0.25, 0.3) is 22.2 Å². The van der Waals surface area contributed by atoms with Gasteiger partial charge in [-0.2, -0.15) is 5.10 Å². The molecule has 2 saturated heterocycles. The molecule has 3 aromatic heterocycles. The normalized spacial score (nSPS) is 19.6. The van der Waals surface area contributed by atoms with Crippen LogP contribution in [-0.2, 0) is 16.1 Å². The third-order valence-electron chi connectivity index (χ3n) is 7.09. The SMILES string of the molecule is COCC(=O)N1CC2CCC(C1)N2Cc1ccc2cc(Oc3ccc(-c4ccn[nH]4)cn3)ccc2n1. The Morgan fingerprint density at radius 2 is 1.94 bits per heavy atom. The number of aromatic nitrogens is 4. The van der Waals surface area contributed by atoms with Crippen molar-refractivity contribution in [2.75, 3.05) is 26.8 Å². The molecule has 0 aliphatic carbocycles. The summed E-state index contributed by atoms with van der Waals surface area (Å²) in [6.07, 6.45) is 5.71. The number of hydrogen-bond acceptors (Lipinski definition) is 7. The number of amides is 1. The van der Waals surface area contributed by atoms with E-state index in [2.05, 4.69) is 32.2 Å². The number of pyridine rings is 2. The Morgan fingerprint density at radius 1 is 1.08 bits per heavy atom. The Hall–Kier alpha value is -3.82. The Morgan fingerprint density at radius 3 is 2.67 bits per heavy atom. The number of likely N-dealkylation sites (tertiary alicyclic amines) is 1. The first-order chi connectivity index (χ1) is 17.7. The summed E-state index contributed by atoms with van der Waals surface area (Å²) in [5.41, 5.74) is 3.84. The van der Waals surface area contributed by atoms with E-state index in [4.69, 9.17) is 14.5 Å². The predicted octanol–water partition coefficient (Wildman–Crippen LogP) is 3.63. The minimum atomic E-state index is 0.0832. The smallest absolute Gasteiger partial charge is 0.248 e. The zero-order chi connectivity index (χ0) is 24.5. The van der Waals surface area contributed by atoms with Crippen LogP contribution in [0.2, 0.25) is 0 Å². The second-order valence-electron chi connectivity index (χ2n) is 9.40. The maximum absolute atomic E-state index is 12.3. The van der Waals surface area contributed by atoms with Crippen molar-refractivity contribution in [3.8, 4) is 22.9 Å². The van der Waals surface area contributed by atoms with E-state index in [9.17, 15) is 4.79 Å². The number of benzene rings is 1. The minimum absolute atomic E-state index is 0.0832. The molecule has 2 bridgehead atoms. The van der Waals surface area contributed by atoms with Gasteiger partial charge in [0, 0.05) is 68.2 Å². The van der Waals surface area contributed by atoms with Crippen molar-refractivity contribution in [2.24, 2.45) is 0 Å². The summed E-state index contributed by atoms with van der Waals surface area (Å²) in [4.78, 5) is 26.1. The highest BCUT2D eigenvalue weighted by Crippen LogP contribution is 2.32. The van der Waals surface area contributed by atoms with Gasteiger partial charge in [0.25, 0.3) is 0 Å². The van der Waals surface area contributed by atoms with E-state index < -0.39 is 0 Å². The van der Waals surface area contributed by atoms with Crippen molar-refractivity contribution in [1.82, 2.24) is 30.0 Å². The Balaban J connectivity index is 1.12. The number of carbonyl (C=O) groups excluding carboxylic acids is 1. The van der Waals surface area contributed by atoms with Crippen LogP contribution in [0.3, 0.4) is 0 Å². The molecule has 5 heterocycles. The topological polar surface area (TPSA) is 96.5 Å². The van der Waals surface area contributed by atoms with E-state index in [0.29, 0.717) is 23.7 Å². The average molecular weight is 485 g/mol. The number of ether oxygens (including phenoxy) is 2.